The Bertz CT molecular complexity index is 492. The van der Waals surface area contributed by atoms with Gasteiger partial charge < -0.3 is 0 Å². The summed E-state index contributed by atoms with van der Waals surface area (Å²) in [5.41, 5.74) is 2.36. The van der Waals surface area contributed by atoms with E-state index in [9.17, 15) is 4.39 Å². The maximum Gasteiger partial charge on any atom is 0.0899 e. The van der Waals surface area contributed by atoms with E-state index in [0.717, 1.165) is 18.8 Å². The number of benzene rings is 1. The van der Waals surface area contributed by atoms with Gasteiger partial charge >= 0.3 is 0 Å². The van der Waals surface area contributed by atoms with Crippen LogP contribution >= 0.6 is 0 Å². The molecule has 2 saturated carbocycles. The quantitative estimate of drug-likeness (QED) is 0.648. The molecule has 2 aliphatic carbocycles. The Hall–Kier alpha value is -0.850. The smallest absolute Gasteiger partial charge is 0.0899 e. The van der Waals surface area contributed by atoms with Crippen LogP contribution in [0.5, 0.6) is 0 Å². The van der Waals surface area contributed by atoms with E-state index < -0.39 is 0 Å². The maximum absolute atomic E-state index is 13.1. The predicted molar refractivity (Wildman–Crippen MR) is 87.2 cm³/mol. The molecule has 2 unspecified atom stereocenters. The van der Waals surface area contributed by atoms with Crippen molar-refractivity contribution >= 4 is 0 Å². The predicted octanol–water partition coefficient (Wildman–Crippen LogP) is 5.91. The molecule has 0 aromatic heterocycles. The lowest BCUT2D eigenvalue weighted by molar-refractivity contribution is -0.0184. The summed E-state index contributed by atoms with van der Waals surface area (Å²) in [7, 11) is 0. The van der Waals surface area contributed by atoms with Gasteiger partial charge in [-0.25, -0.2) is 0 Å². The van der Waals surface area contributed by atoms with Crippen LogP contribution in [0.3, 0.4) is 0 Å². The lowest BCUT2D eigenvalue weighted by Crippen LogP contribution is -2.49. The van der Waals surface area contributed by atoms with Gasteiger partial charge in [0.15, 0.2) is 0 Å². The maximum atomic E-state index is 13.1. The Morgan fingerprint density at radius 2 is 1.71 bits per heavy atom. The zero-order chi connectivity index (χ0) is 15.1. The van der Waals surface area contributed by atoms with Gasteiger partial charge in [0.2, 0.25) is 0 Å². The Labute approximate surface area is 129 Å². The van der Waals surface area contributed by atoms with Gasteiger partial charge in [0.05, 0.1) is 6.67 Å². The molecule has 0 N–H and O–H groups in total. The zero-order valence-corrected chi connectivity index (χ0v) is 13.8. The van der Waals surface area contributed by atoms with Gasteiger partial charge in [-0.3, -0.25) is 4.39 Å². The molecular weight excluding hydrogens is 259 g/mol. The van der Waals surface area contributed by atoms with Gasteiger partial charge in [0.1, 0.15) is 0 Å². The summed E-state index contributed by atoms with van der Waals surface area (Å²) in [5, 5.41) is 0. The first-order valence-electron chi connectivity index (χ1n) is 8.48. The summed E-state index contributed by atoms with van der Waals surface area (Å²) in [6.45, 7) is 7.01. The molecule has 2 aliphatic rings. The van der Waals surface area contributed by atoms with E-state index in [1.807, 2.05) is 0 Å². The number of rotatable bonds is 3. The summed E-state index contributed by atoms with van der Waals surface area (Å²) in [6.07, 6.45) is 6.98. The number of hydrogen-bond donors (Lipinski definition) is 0. The highest BCUT2D eigenvalue weighted by Crippen LogP contribution is 2.61. The van der Waals surface area contributed by atoms with E-state index in [1.165, 1.54) is 31.2 Å². The molecule has 1 heteroatoms. The van der Waals surface area contributed by atoms with E-state index in [0.29, 0.717) is 5.41 Å². The Morgan fingerprint density at radius 3 is 2.38 bits per heavy atom. The third kappa shape index (κ3) is 2.89. The van der Waals surface area contributed by atoms with E-state index in [2.05, 4.69) is 51.1 Å². The van der Waals surface area contributed by atoms with Crippen molar-refractivity contribution in [1.82, 2.24) is 0 Å². The molecule has 2 bridgehead atoms. The summed E-state index contributed by atoms with van der Waals surface area (Å²) in [6, 6.07) is 11.1. The first kappa shape index (κ1) is 15.1. The summed E-state index contributed by atoms with van der Waals surface area (Å²) in [5.74, 6) is 0.763. The first-order chi connectivity index (χ1) is 9.87. The third-order valence-electron chi connectivity index (χ3n) is 5.97. The molecule has 0 spiro atoms. The minimum Gasteiger partial charge on any atom is -0.251 e. The average Bonchev–Trinajstić information content (AvgIpc) is 2.36. The molecule has 0 amide bonds. The zero-order valence-electron chi connectivity index (χ0n) is 13.8. The van der Waals surface area contributed by atoms with E-state index in [-0.39, 0.29) is 17.5 Å². The van der Waals surface area contributed by atoms with Crippen molar-refractivity contribution in [1.29, 1.82) is 0 Å². The molecule has 3 atom stereocenters. The first-order valence-corrected chi connectivity index (χ1v) is 8.48. The third-order valence-corrected chi connectivity index (χ3v) is 5.97. The van der Waals surface area contributed by atoms with Gasteiger partial charge in [0, 0.05) is 0 Å². The van der Waals surface area contributed by atoms with Crippen molar-refractivity contribution in [3.63, 3.8) is 0 Å². The highest BCUT2D eigenvalue weighted by Gasteiger charge is 2.52. The number of hydrogen-bond acceptors (Lipinski definition) is 0. The number of fused-ring (bicyclic) bond motifs is 2. The molecule has 0 radical (unpaired) electrons. The van der Waals surface area contributed by atoms with Crippen molar-refractivity contribution in [2.75, 3.05) is 6.67 Å². The second kappa shape index (κ2) is 5.11. The highest BCUT2D eigenvalue weighted by molar-refractivity contribution is 5.29. The minimum absolute atomic E-state index is 0.169. The number of alkyl halides is 1. The van der Waals surface area contributed by atoms with Crippen molar-refractivity contribution in [2.24, 2.45) is 16.7 Å². The summed E-state index contributed by atoms with van der Waals surface area (Å²) < 4.78 is 13.1. The normalized spacial score (nSPS) is 38.2. The van der Waals surface area contributed by atoms with Crippen molar-refractivity contribution < 1.29 is 4.39 Å². The molecular formula is C20H29F. The molecule has 0 aliphatic heterocycles. The largest absolute Gasteiger partial charge is 0.251 e. The Morgan fingerprint density at radius 1 is 1.00 bits per heavy atom. The van der Waals surface area contributed by atoms with Crippen molar-refractivity contribution in [3.05, 3.63) is 35.9 Å². The molecule has 1 aromatic rings. The van der Waals surface area contributed by atoms with Crippen LogP contribution < -0.4 is 0 Å². The molecule has 116 valence electrons. The van der Waals surface area contributed by atoms with Gasteiger partial charge in [-0.05, 0) is 66.3 Å². The summed E-state index contributed by atoms with van der Waals surface area (Å²) in [4.78, 5) is 0. The van der Waals surface area contributed by atoms with Crippen LogP contribution in [0.1, 0.15) is 64.9 Å². The minimum atomic E-state index is -0.169. The van der Waals surface area contributed by atoms with Crippen LogP contribution in [0.25, 0.3) is 0 Å². The molecule has 21 heavy (non-hydrogen) atoms. The van der Waals surface area contributed by atoms with E-state index >= 15 is 0 Å². The second-order valence-electron chi connectivity index (χ2n) is 8.89. The fourth-order valence-corrected chi connectivity index (χ4v) is 5.86. The van der Waals surface area contributed by atoms with Crippen LogP contribution in [0.2, 0.25) is 0 Å². The molecule has 0 nitrogen and oxygen atoms in total. The monoisotopic (exact) mass is 288 g/mol. The average molecular weight is 288 g/mol. The lowest BCUT2D eigenvalue weighted by Gasteiger charge is -2.57. The van der Waals surface area contributed by atoms with Crippen LogP contribution in [-0.2, 0) is 5.41 Å². The standard InChI is InChI=1S/C20H29F/c1-18(2)11-16-12-19(3,9-10-21)15-20(13-16,14-18)17-7-5-4-6-8-17/h4-8,16H,9-15H2,1-3H3/t16?,19-,20?/m0/s1. The van der Waals surface area contributed by atoms with Crippen molar-refractivity contribution in [2.45, 2.75) is 64.7 Å². The SMILES string of the molecule is CC1(C)CC2CC(c3ccccc3)(C1)C[C@@](C)(CCF)C2. The Balaban J connectivity index is 2.01. The number of halogens is 1. The molecule has 0 saturated heterocycles. The van der Waals surface area contributed by atoms with Gasteiger partial charge in [0.25, 0.3) is 0 Å². The van der Waals surface area contributed by atoms with Crippen molar-refractivity contribution in [3.8, 4) is 0 Å². The van der Waals surface area contributed by atoms with Crippen LogP contribution in [-0.4, -0.2) is 6.67 Å². The highest BCUT2D eigenvalue weighted by atomic mass is 19.1. The molecule has 2 fully saturated rings. The van der Waals surface area contributed by atoms with E-state index in [1.54, 1.807) is 0 Å². The van der Waals surface area contributed by atoms with Gasteiger partial charge in [-0.15, -0.1) is 0 Å². The molecule has 3 rings (SSSR count). The topological polar surface area (TPSA) is 0 Å². The van der Waals surface area contributed by atoms with Gasteiger partial charge in [-0.2, -0.15) is 0 Å². The van der Waals surface area contributed by atoms with Gasteiger partial charge in [-0.1, -0.05) is 51.1 Å². The summed E-state index contributed by atoms with van der Waals surface area (Å²) >= 11 is 0. The second-order valence-corrected chi connectivity index (χ2v) is 8.89. The fourth-order valence-electron chi connectivity index (χ4n) is 5.86. The fraction of sp³-hybridized carbons (Fsp3) is 0.700. The Kier molecular flexibility index (Phi) is 3.66. The van der Waals surface area contributed by atoms with E-state index in [4.69, 9.17) is 0 Å². The van der Waals surface area contributed by atoms with Crippen LogP contribution in [0.4, 0.5) is 4.39 Å². The molecule has 0 heterocycles. The van der Waals surface area contributed by atoms with Crippen LogP contribution in [0.15, 0.2) is 30.3 Å². The van der Waals surface area contributed by atoms with Crippen LogP contribution in [0, 0.1) is 16.7 Å². The molecule has 1 aromatic carbocycles. The lowest BCUT2D eigenvalue weighted by atomic mass is 9.47.